The first kappa shape index (κ1) is 12.9. The van der Waals surface area contributed by atoms with Crippen molar-refractivity contribution in [2.45, 2.75) is 19.4 Å². The van der Waals surface area contributed by atoms with Crippen molar-refractivity contribution in [3.8, 4) is 0 Å². The Morgan fingerprint density at radius 3 is 2.60 bits per heavy atom. The highest BCUT2D eigenvalue weighted by atomic mass is 19.1. The van der Waals surface area contributed by atoms with Gasteiger partial charge in [-0.15, -0.1) is 0 Å². The highest BCUT2D eigenvalue weighted by Crippen LogP contribution is 2.25. The average Bonchev–Trinajstić information content (AvgIpc) is 2.84. The van der Waals surface area contributed by atoms with Gasteiger partial charge in [-0.05, 0) is 43.2 Å². The van der Waals surface area contributed by atoms with Crippen LogP contribution in [0.15, 0.2) is 52.9 Å². The van der Waals surface area contributed by atoms with Crippen molar-refractivity contribution in [1.82, 2.24) is 0 Å². The molecule has 102 valence electrons. The number of hydrogen-bond acceptors (Lipinski definition) is 2. The molecule has 0 saturated carbocycles. The molecule has 1 heterocycles. The number of nitrogens with two attached hydrogens (primary N) is 1. The predicted molar refractivity (Wildman–Crippen MR) is 78.0 cm³/mol. The van der Waals surface area contributed by atoms with Crippen molar-refractivity contribution in [2.75, 3.05) is 0 Å². The molecule has 2 nitrogen and oxygen atoms in total. The fourth-order valence-electron chi connectivity index (χ4n) is 2.30. The summed E-state index contributed by atoms with van der Waals surface area (Å²) in [7, 11) is 0. The SMILES string of the molecule is Cc1ccc(CC(N)c2cc3cc(F)ccc3o2)cc1. The van der Waals surface area contributed by atoms with Gasteiger partial charge >= 0.3 is 0 Å². The molecule has 3 heteroatoms. The van der Waals surface area contributed by atoms with E-state index in [1.54, 1.807) is 6.07 Å². The fourth-order valence-corrected chi connectivity index (χ4v) is 2.30. The van der Waals surface area contributed by atoms with E-state index in [1.807, 2.05) is 6.07 Å². The Kier molecular flexibility index (Phi) is 3.28. The summed E-state index contributed by atoms with van der Waals surface area (Å²) in [5.41, 5.74) is 9.23. The molecule has 0 fully saturated rings. The van der Waals surface area contributed by atoms with Gasteiger partial charge in [-0.25, -0.2) is 4.39 Å². The molecule has 0 aliphatic carbocycles. The summed E-state index contributed by atoms with van der Waals surface area (Å²) in [5, 5.41) is 0.749. The van der Waals surface area contributed by atoms with E-state index in [4.69, 9.17) is 10.2 Å². The first-order chi connectivity index (χ1) is 9.61. The molecule has 20 heavy (non-hydrogen) atoms. The fraction of sp³-hybridized carbons (Fsp3) is 0.176. The maximum atomic E-state index is 13.2. The van der Waals surface area contributed by atoms with Gasteiger partial charge < -0.3 is 10.2 Å². The van der Waals surface area contributed by atoms with Gasteiger partial charge in [-0.1, -0.05) is 29.8 Å². The molecule has 2 aromatic carbocycles. The van der Waals surface area contributed by atoms with Gasteiger partial charge in [-0.3, -0.25) is 0 Å². The van der Waals surface area contributed by atoms with Crippen molar-refractivity contribution in [3.63, 3.8) is 0 Å². The van der Waals surface area contributed by atoms with E-state index in [9.17, 15) is 4.39 Å². The highest BCUT2D eigenvalue weighted by molar-refractivity contribution is 5.78. The molecular formula is C17H16FNO. The van der Waals surface area contributed by atoms with Crippen LogP contribution in [-0.2, 0) is 6.42 Å². The van der Waals surface area contributed by atoms with Crippen LogP contribution in [-0.4, -0.2) is 0 Å². The first-order valence-electron chi connectivity index (χ1n) is 6.62. The van der Waals surface area contributed by atoms with E-state index in [0.717, 1.165) is 10.9 Å². The van der Waals surface area contributed by atoms with E-state index in [-0.39, 0.29) is 11.9 Å². The lowest BCUT2D eigenvalue weighted by molar-refractivity contribution is 0.493. The Labute approximate surface area is 117 Å². The molecule has 0 aliphatic heterocycles. The monoisotopic (exact) mass is 269 g/mol. The summed E-state index contributed by atoms with van der Waals surface area (Å²) >= 11 is 0. The van der Waals surface area contributed by atoms with Crippen LogP contribution >= 0.6 is 0 Å². The Bertz CT molecular complexity index is 730. The first-order valence-corrected chi connectivity index (χ1v) is 6.62. The largest absolute Gasteiger partial charge is 0.459 e. The second kappa shape index (κ2) is 5.10. The maximum Gasteiger partial charge on any atom is 0.134 e. The molecule has 0 saturated heterocycles. The normalized spacial score (nSPS) is 12.8. The van der Waals surface area contributed by atoms with Crippen LogP contribution in [0.4, 0.5) is 4.39 Å². The Balaban J connectivity index is 1.84. The molecule has 2 N–H and O–H groups in total. The molecule has 1 atom stereocenters. The molecule has 0 amide bonds. The van der Waals surface area contributed by atoms with Crippen LogP contribution in [0.3, 0.4) is 0 Å². The average molecular weight is 269 g/mol. The van der Waals surface area contributed by atoms with Crippen molar-refractivity contribution in [2.24, 2.45) is 5.73 Å². The third kappa shape index (κ3) is 2.58. The van der Waals surface area contributed by atoms with Gasteiger partial charge in [0.15, 0.2) is 0 Å². The molecule has 0 spiro atoms. The second-order valence-electron chi connectivity index (χ2n) is 5.13. The van der Waals surface area contributed by atoms with Gasteiger partial charge in [0.05, 0.1) is 6.04 Å². The summed E-state index contributed by atoms with van der Waals surface area (Å²) in [6.07, 6.45) is 0.697. The standard InChI is InChI=1S/C17H16FNO/c1-11-2-4-12(5-3-11)8-15(19)17-10-13-9-14(18)6-7-16(13)20-17/h2-7,9-10,15H,8,19H2,1H3. The van der Waals surface area contributed by atoms with Crippen molar-refractivity contribution in [1.29, 1.82) is 0 Å². The minimum Gasteiger partial charge on any atom is -0.459 e. The van der Waals surface area contributed by atoms with E-state index in [1.165, 1.54) is 17.7 Å². The third-order valence-electron chi connectivity index (χ3n) is 3.44. The molecule has 3 rings (SSSR count). The van der Waals surface area contributed by atoms with Crippen LogP contribution in [0.25, 0.3) is 11.0 Å². The van der Waals surface area contributed by atoms with E-state index < -0.39 is 0 Å². The van der Waals surface area contributed by atoms with E-state index in [0.29, 0.717) is 17.8 Å². The quantitative estimate of drug-likeness (QED) is 0.776. The minimum absolute atomic E-state index is 0.229. The number of furan rings is 1. The Hall–Kier alpha value is -2.13. The van der Waals surface area contributed by atoms with Crippen LogP contribution < -0.4 is 5.73 Å². The zero-order valence-corrected chi connectivity index (χ0v) is 11.3. The van der Waals surface area contributed by atoms with Crippen molar-refractivity contribution < 1.29 is 8.81 Å². The van der Waals surface area contributed by atoms with Crippen LogP contribution in [0.1, 0.15) is 22.9 Å². The van der Waals surface area contributed by atoms with Gasteiger partial charge in [0.1, 0.15) is 17.2 Å². The van der Waals surface area contributed by atoms with Crippen LogP contribution in [0, 0.1) is 12.7 Å². The smallest absolute Gasteiger partial charge is 0.134 e. The lowest BCUT2D eigenvalue weighted by Gasteiger charge is -2.08. The molecule has 0 aliphatic rings. The van der Waals surface area contributed by atoms with Crippen molar-refractivity contribution in [3.05, 3.63) is 71.2 Å². The lowest BCUT2D eigenvalue weighted by atomic mass is 10.0. The van der Waals surface area contributed by atoms with Crippen molar-refractivity contribution >= 4 is 11.0 Å². The number of halogens is 1. The number of rotatable bonds is 3. The van der Waals surface area contributed by atoms with E-state index in [2.05, 4.69) is 31.2 Å². The molecule has 1 unspecified atom stereocenters. The number of fused-ring (bicyclic) bond motifs is 1. The summed E-state index contributed by atoms with van der Waals surface area (Å²) in [5.74, 6) is 0.420. The molecule has 0 radical (unpaired) electrons. The summed E-state index contributed by atoms with van der Waals surface area (Å²) < 4.78 is 18.8. The Morgan fingerprint density at radius 2 is 1.85 bits per heavy atom. The second-order valence-corrected chi connectivity index (χ2v) is 5.13. The Morgan fingerprint density at radius 1 is 1.10 bits per heavy atom. The topological polar surface area (TPSA) is 39.2 Å². The van der Waals surface area contributed by atoms with Gasteiger partial charge in [0, 0.05) is 5.39 Å². The lowest BCUT2D eigenvalue weighted by Crippen LogP contribution is -2.12. The third-order valence-corrected chi connectivity index (χ3v) is 3.44. The van der Waals surface area contributed by atoms with Crippen LogP contribution in [0.5, 0.6) is 0 Å². The van der Waals surface area contributed by atoms with E-state index >= 15 is 0 Å². The van der Waals surface area contributed by atoms with Gasteiger partial charge in [0.2, 0.25) is 0 Å². The minimum atomic E-state index is -0.267. The summed E-state index contributed by atoms with van der Waals surface area (Å²) in [6.45, 7) is 2.05. The zero-order valence-electron chi connectivity index (χ0n) is 11.3. The zero-order chi connectivity index (χ0) is 14.1. The molecule has 0 bridgehead atoms. The van der Waals surface area contributed by atoms with Crippen LogP contribution in [0.2, 0.25) is 0 Å². The highest BCUT2D eigenvalue weighted by Gasteiger charge is 2.13. The number of hydrogen-bond donors (Lipinski definition) is 1. The maximum absolute atomic E-state index is 13.2. The molecule has 3 aromatic rings. The van der Waals surface area contributed by atoms with Gasteiger partial charge in [0.25, 0.3) is 0 Å². The molecular weight excluding hydrogens is 253 g/mol. The van der Waals surface area contributed by atoms with Gasteiger partial charge in [-0.2, -0.15) is 0 Å². The summed E-state index contributed by atoms with van der Waals surface area (Å²) in [4.78, 5) is 0. The number of benzene rings is 2. The summed E-state index contributed by atoms with van der Waals surface area (Å²) in [6, 6.07) is 14.3. The molecule has 1 aromatic heterocycles. The predicted octanol–water partition coefficient (Wildman–Crippen LogP) is 4.12. The number of aryl methyl sites for hydroxylation is 1.